The van der Waals surface area contributed by atoms with Crippen molar-refractivity contribution in [1.29, 1.82) is 5.26 Å². The van der Waals surface area contributed by atoms with Gasteiger partial charge in [0.2, 0.25) is 11.8 Å². The number of nitrogens with one attached hydrogen (secondary N) is 3. The number of anilines is 2. The van der Waals surface area contributed by atoms with E-state index in [1.54, 1.807) is 36.4 Å². The Morgan fingerprint density at radius 2 is 1.61 bits per heavy atom. The van der Waals surface area contributed by atoms with Crippen molar-refractivity contribution >= 4 is 52.5 Å². The molecule has 1 saturated carbocycles. The number of amides is 5. The van der Waals surface area contributed by atoms with E-state index in [1.165, 1.54) is 0 Å². The van der Waals surface area contributed by atoms with E-state index in [4.69, 9.17) is 21.6 Å². The van der Waals surface area contributed by atoms with Gasteiger partial charge in [-0.05, 0) is 106 Å². The monoisotopic (exact) mass is 779 g/mol. The average molecular weight is 780 g/mol. The normalized spacial score (nSPS) is 21.3. The summed E-state index contributed by atoms with van der Waals surface area (Å²) in [6.45, 7) is 5.55. The number of unbranched alkanes of at least 4 members (excludes halogenated alkanes) is 2. The molecular formula is C42H46ClN7O6. The maximum Gasteiger partial charge on any atom is 0.262 e. The van der Waals surface area contributed by atoms with Gasteiger partial charge in [0.1, 0.15) is 17.9 Å². The van der Waals surface area contributed by atoms with Gasteiger partial charge in [-0.3, -0.25) is 39.1 Å². The lowest BCUT2D eigenvalue weighted by atomic mass is 9.92. The van der Waals surface area contributed by atoms with Crippen molar-refractivity contribution in [3.8, 4) is 11.8 Å². The molecule has 3 aromatic rings. The summed E-state index contributed by atoms with van der Waals surface area (Å²) in [4.78, 5) is 68.8. The standard InChI is InChI=1S/C42H46ClN7O6/c43-36-25-33(12-6-28(36)26-44)56-32-13-7-29(8-14-32)46-39(52)27-4-10-31(11-5-27)49-22-20-48(21-23-49)19-3-1-2-18-45-30-9-15-34-35(24-30)42(55)50(41(34)54)37-16-17-38(51)47-40(37)53/h4-6,9-12,15,24-25,29,32,37,45H,1-3,7-8,13-14,16-23H2,(H,46,52)(H,47,51,53). The van der Waals surface area contributed by atoms with Gasteiger partial charge in [0, 0.05) is 68.2 Å². The summed E-state index contributed by atoms with van der Waals surface area (Å²) in [5.74, 6) is -1.42. The number of rotatable bonds is 13. The van der Waals surface area contributed by atoms with E-state index in [-0.39, 0.29) is 42.0 Å². The third-order valence-corrected chi connectivity index (χ3v) is 11.5. The summed E-state index contributed by atoms with van der Waals surface area (Å²) in [5, 5.41) is 18.2. The number of hydrogen-bond donors (Lipinski definition) is 3. The Hall–Kier alpha value is -5.45. The van der Waals surface area contributed by atoms with Crippen LogP contribution in [0.1, 0.15) is 94.4 Å². The Balaban J connectivity index is 0.767. The van der Waals surface area contributed by atoms with Gasteiger partial charge in [0.05, 0.1) is 27.8 Å². The number of nitriles is 1. The molecule has 13 nitrogen and oxygen atoms in total. The van der Waals surface area contributed by atoms with E-state index in [2.05, 4.69) is 31.8 Å². The lowest BCUT2D eigenvalue weighted by molar-refractivity contribution is -0.136. The third kappa shape index (κ3) is 8.98. The molecule has 5 amide bonds. The summed E-state index contributed by atoms with van der Waals surface area (Å²) in [7, 11) is 0. The van der Waals surface area contributed by atoms with Gasteiger partial charge in [-0.15, -0.1) is 0 Å². The van der Waals surface area contributed by atoms with Crippen molar-refractivity contribution in [2.75, 3.05) is 49.5 Å². The minimum Gasteiger partial charge on any atom is -0.490 e. The Labute approximate surface area is 331 Å². The largest absolute Gasteiger partial charge is 0.490 e. The van der Waals surface area contributed by atoms with Gasteiger partial charge in [-0.2, -0.15) is 5.26 Å². The fraction of sp³-hybridized carbons (Fsp3) is 0.429. The van der Waals surface area contributed by atoms with Crippen LogP contribution in [0.3, 0.4) is 0 Å². The van der Waals surface area contributed by atoms with Gasteiger partial charge in [-0.1, -0.05) is 18.0 Å². The SMILES string of the molecule is N#Cc1ccc(OC2CCC(NC(=O)c3ccc(N4CCN(CCCCCNc5ccc6c(c5)C(=O)N(C5CCC(=O)NC5=O)C6=O)CC4)cc3)CC2)cc1Cl. The lowest BCUT2D eigenvalue weighted by Gasteiger charge is -2.36. The van der Waals surface area contributed by atoms with Crippen LogP contribution >= 0.6 is 11.6 Å². The molecule has 3 fully saturated rings. The highest BCUT2D eigenvalue weighted by Gasteiger charge is 2.44. The first-order valence-corrected chi connectivity index (χ1v) is 19.9. The van der Waals surface area contributed by atoms with Crippen molar-refractivity contribution in [3.63, 3.8) is 0 Å². The van der Waals surface area contributed by atoms with Crippen LogP contribution < -0.4 is 25.6 Å². The summed E-state index contributed by atoms with van der Waals surface area (Å²) in [6, 6.07) is 19.3. The summed E-state index contributed by atoms with van der Waals surface area (Å²) in [6.07, 6.45) is 6.66. The highest BCUT2D eigenvalue weighted by atomic mass is 35.5. The van der Waals surface area contributed by atoms with Crippen molar-refractivity contribution in [3.05, 3.63) is 87.9 Å². The molecule has 3 aliphatic heterocycles. The second kappa shape index (κ2) is 17.6. The van der Waals surface area contributed by atoms with Crippen LogP contribution in [0.25, 0.3) is 0 Å². The molecule has 3 aromatic carbocycles. The summed E-state index contributed by atoms with van der Waals surface area (Å²) >= 11 is 6.14. The van der Waals surface area contributed by atoms with E-state index in [1.807, 2.05) is 24.3 Å². The molecule has 1 unspecified atom stereocenters. The number of nitrogens with zero attached hydrogens (tertiary/aromatic N) is 4. The highest BCUT2D eigenvalue weighted by Crippen LogP contribution is 2.30. The first-order valence-electron chi connectivity index (χ1n) is 19.5. The third-order valence-electron chi connectivity index (χ3n) is 11.2. The minimum atomic E-state index is -0.972. The van der Waals surface area contributed by atoms with Gasteiger partial charge < -0.3 is 20.3 Å². The van der Waals surface area contributed by atoms with Crippen LogP contribution in [-0.2, 0) is 9.59 Å². The van der Waals surface area contributed by atoms with Crippen LogP contribution in [0.2, 0.25) is 5.02 Å². The highest BCUT2D eigenvalue weighted by molar-refractivity contribution is 6.31. The summed E-state index contributed by atoms with van der Waals surface area (Å²) < 4.78 is 6.09. The quantitative estimate of drug-likeness (QED) is 0.156. The Bertz CT molecular complexity index is 2020. The zero-order chi connectivity index (χ0) is 39.2. The topological polar surface area (TPSA) is 164 Å². The number of piperidine rings is 1. The molecule has 2 saturated heterocycles. The lowest BCUT2D eigenvalue weighted by Crippen LogP contribution is -2.54. The number of carbonyl (C=O) groups excluding carboxylic acids is 5. The van der Waals surface area contributed by atoms with Gasteiger partial charge in [0.25, 0.3) is 17.7 Å². The number of halogens is 1. The van der Waals surface area contributed by atoms with Gasteiger partial charge in [0.15, 0.2) is 0 Å². The number of hydrogen-bond acceptors (Lipinski definition) is 10. The molecule has 1 aliphatic carbocycles. The van der Waals surface area contributed by atoms with Gasteiger partial charge in [-0.25, -0.2) is 0 Å². The molecule has 0 aromatic heterocycles. The minimum absolute atomic E-state index is 0.0478. The number of ether oxygens (including phenoxy) is 1. The number of carbonyl (C=O) groups is 5. The first kappa shape index (κ1) is 38.8. The fourth-order valence-electron chi connectivity index (χ4n) is 7.95. The number of piperazine rings is 1. The molecule has 0 radical (unpaired) electrons. The predicted molar refractivity (Wildman–Crippen MR) is 211 cm³/mol. The molecule has 4 aliphatic rings. The van der Waals surface area contributed by atoms with Crippen molar-refractivity contribution in [1.82, 2.24) is 20.4 Å². The Kier molecular flexibility index (Phi) is 12.2. The number of fused-ring (bicyclic) bond motifs is 1. The smallest absolute Gasteiger partial charge is 0.262 e. The average Bonchev–Trinajstić information content (AvgIpc) is 3.45. The fourth-order valence-corrected chi connectivity index (χ4v) is 8.16. The molecule has 3 heterocycles. The molecule has 14 heteroatoms. The zero-order valence-corrected chi connectivity index (χ0v) is 32.0. The Morgan fingerprint density at radius 1 is 0.857 bits per heavy atom. The van der Waals surface area contributed by atoms with Gasteiger partial charge >= 0.3 is 0 Å². The van der Waals surface area contributed by atoms with Crippen LogP contribution in [0.4, 0.5) is 11.4 Å². The first-order chi connectivity index (χ1) is 27.2. The molecule has 0 spiro atoms. The second-order valence-electron chi connectivity index (χ2n) is 14.9. The second-order valence-corrected chi connectivity index (χ2v) is 15.3. The number of imide groups is 2. The Morgan fingerprint density at radius 3 is 2.32 bits per heavy atom. The predicted octanol–water partition coefficient (Wildman–Crippen LogP) is 5.14. The van der Waals surface area contributed by atoms with E-state index in [9.17, 15) is 24.0 Å². The van der Waals surface area contributed by atoms with Crippen molar-refractivity contribution in [2.45, 2.75) is 76.0 Å². The van der Waals surface area contributed by atoms with Crippen LogP contribution in [0, 0.1) is 11.3 Å². The molecule has 7 rings (SSSR count). The maximum absolute atomic E-state index is 13.1. The van der Waals surface area contributed by atoms with E-state index in [0.717, 1.165) is 100 Å². The molecule has 3 N–H and O–H groups in total. The molecule has 292 valence electrons. The number of benzene rings is 3. The summed E-state index contributed by atoms with van der Waals surface area (Å²) in [5.41, 5.74) is 3.50. The molecule has 1 atom stereocenters. The molecule has 56 heavy (non-hydrogen) atoms. The van der Waals surface area contributed by atoms with Crippen LogP contribution in [0.15, 0.2) is 60.7 Å². The zero-order valence-electron chi connectivity index (χ0n) is 31.2. The molecular weight excluding hydrogens is 734 g/mol. The maximum atomic E-state index is 13.1. The van der Waals surface area contributed by atoms with E-state index in [0.29, 0.717) is 21.9 Å². The van der Waals surface area contributed by atoms with Crippen molar-refractivity contribution in [2.24, 2.45) is 0 Å². The van der Waals surface area contributed by atoms with E-state index < -0.39 is 29.7 Å². The molecule has 0 bridgehead atoms. The van der Waals surface area contributed by atoms with Crippen molar-refractivity contribution < 1.29 is 28.7 Å². The van der Waals surface area contributed by atoms with Crippen LogP contribution in [0.5, 0.6) is 5.75 Å². The van der Waals surface area contributed by atoms with E-state index >= 15 is 0 Å². The van der Waals surface area contributed by atoms with Crippen LogP contribution in [-0.4, -0.2) is 96.8 Å².